The zero-order valence-electron chi connectivity index (χ0n) is 10.5. The molecule has 5 heteroatoms. The fourth-order valence-corrected chi connectivity index (χ4v) is 2.75. The minimum Gasteiger partial charge on any atom is -0.496 e. The van der Waals surface area contributed by atoms with Gasteiger partial charge in [-0.25, -0.2) is 0 Å². The van der Waals surface area contributed by atoms with Crippen LogP contribution < -0.4 is 10.1 Å². The highest BCUT2D eigenvalue weighted by molar-refractivity contribution is 9.10. The summed E-state index contributed by atoms with van der Waals surface area (Å²) in [7, 11) is 1.67. The number of aliphatic hydroxyl groups excluding tert-OH is 1. The van der Waals surface area contributed by atoms with Crippen LogP contribution in [0.25, 0.3) is 0 Å². The van der Waals surface area contributed by atoms with Gasteiger partial charge in [-0.1, -0.05) is 15.9 Å². The number of ether oxygens (including phenoxy) is 1. The van der Waals surface area contributed by atoms with Gasteiger partial charge in [0.05, 0.1) is 19.8 Å². The Bertz CT molecular complexity index is 395. The monoisotopic (exact) mass is 314 g/mol. The Hall–Kier alpha value is -0.620. The van der Waals surface area contributed by atoms with Crippen molar-refractivity contribution in [1.82, 2.24) is 10.2 Å². The maximum Gasteiger partial charge on any atom is 0.123 e. The van der Waals surface area contributed by atoms with Crippen LogP contribution >= 0.6 is 15.9 Å². The fraction of sp³-hybridized carbons (Fsp3) is 0.538. The predicted octanol–water partition coefficient (Wildman–Crippen LogP) is 1.40. The standard InChI is InChI=1S/C13H19BrN2O2/c1-18-13-3-2-10(14)8-11(13)12(9-17)16-6-4-15-5-7-16/h2-3,8,12,15,17H,4-7,9H2,1H3/t12-/m0/s1. The van der Waals surface area contributed by atoms with Crippen LogP contribution in [-0.2, 0) is 0 Å². The van der Waals surface area contributed by atoms with Gasteiger partial charge >= 0.3 is 0 Å². The summed E-state index contributed by atoms with van der Waals surface area (Å²) in [5, 5.41) is 13.0. The van der Waals surface area contributed by atoms with Crippen molar-refractivity contribution >= 4 is 15.9 Å². The molecule has 0 radical (unpaired) electrons. The summed E-state index contributed by atoms with van der Waals surface area (Å²) in [5.41, 5.74) is 1.04. The first kappa shape index (κ1) is 13.8. The molecule has 1 saturated heterocycles. The average molecular weight is 315 g/mol. The highest BCUT2D eigenvalue weighted by atomic mass is 79.9. The van der Waals surface area contributed by atoms with Crippen molar-refractivity contribution in [3.63, 3.8) is 0 Å². The Balaban J connectivity index is 2.27. The summed E-state index contributed by atoms with van der Waals surface area (Å²) in [6.45, 7) is 3.92. The van der Waals surface area contributed by atoms with Crippen LogP contribution in [0.4, 0.5) is 0 Å². The van der Waals surface area contributed by atoms with E-state index in [-0.39, 0.29) is 12.6 Å². The molecule has 18 heavy (non-hydrogen) atoms. The van der Waals surface area contributed by atoms with Gasteiger partial charge in [0.25, 0.3) is 0 Å². The quantitative estimate of drug-likeness (QED) is 0.881. The molecule has 0 saturated carbocycles. The van der Waals surface area contributed by atoms with E-state index < -0.39 is 0 Å². The van der Waals surface area contributed by atoms with Crippen LogP contribution in [0.1, 0.15) is 11.6 Å². The van der Waals surface area contributed by atoms with Gasteiger partial charge in [-0.05, 0) is 18.2 Å². The van der Waals surface area contributed by atoms with E-state index in [9.17, 15) is 5.11 Å². The molecule has 4 nitrogen and oxygen atoms in total. The lowest BCUT2D eigenvalue weighted by Crippen LogP contribution is -2.46. The van der Waals surface area contributed by atoms with E-state index in [1.165, 1.54) is 0 Å². The highest BCUT2D eigenvalue weighted by Gasteiger charge is 2.24. The van der Waals surface area contributed by atoms with E-state index >= 15 is 0 Å². The first-order valence-corrected chi connectivity index (χ1v) is 6.94. The molecule has 1 heterocycles. The summed E-state index contributed by atoms with van der Waals surface area (Å²) in [4.78, 5) is 2.29. The number of rotatable bonds is 4. The summed E-state index contributed by atoms with van der Waals surface area (Å²) in [6, 6.07) is 5.92. The summed E-state index contributed by atoms with van der Waals surface area (Å²) in [5.74, 6) is 0.829. The topological polar surface area (TPSA) is 44.7 Å². The fourth-order valence-electron chi connectivity index (χ4n) is 2.37. The summed E-state index contributed by atoms with van der Waals surface area (Å²) >= 11 is 3.48. The number of nitrogens with zero attached hydrogens (tertiary/aromatic N) is 1. The zero-order valence-corrected chi connectivity index (χ0v) is 12.1. The summed E-state index contributed by atoms with van der Waals surface area (Å²) < 4.78 is 6.41. The first-order chi connectivity index (χ1) is 8.76. The number of halogens is 1. The van der Waals surface area contributed by atoms with E-state index in [1.54, 1.807) is 7.11 Å². The molecule has 0 bridgehead atoms. The van der Waals surface area contributed by atoms with Crippen molar-refractivity contribution in [2.24, 2.45) is 0 Å². The third-order valence-electron chi connectivity index (χ3n) is 3.32. The lowest BCUT2D eigenvalue weighted by Gasteiger charge is -2.34. The molecular weight excluding hydrogens is 296 g/mol. The molecule has 0 aliphatic carbocycles. The largest absolute Gasteiger partial charge is 0.496 e. The van der Waals surface area contributed by atoms with Crippen LogP contribution in [0.3, 0.4) is 0 Å². The second-order valence-electron chi connectivity index (χ2n) is 4.37. The van der Waals surface area contributed by atoms with Gasteiger partial charge in [0.15, 0.2) is 0 Å². The van der Waals surface area contributed by atoms with Crippen molar-refractivity contribution in [1.29, 1.82) is 0 Å². The van der Waals surface area contributed by atoms with Crippen molar-refractivity contribution in [3.05, 3.63) is 28.2 Å². The molecule has 1 aliphatic heterocycles. The maximum absolute atomic E-state index is 9.71. The van der Waals surface area contributed by atoms with Crippen LogP contribution in [0.15, 0.2) is 22.7 Å². The number of aliphatic hydroxyl groups is 1. The molecular formula is C13H19BrN2O2. The van der Waals surface area contributed by atoms with Crippen molar-refractivity contribution in [3.8, 4) is 5.75 Å². The normalized spacial score (nSPS) is 18.6. The SMILES string of the molecule is COc1ccc(Br)cc1[C@H](CO)N1CCNCC1. The smallest absolute Gasteiger partial charge is 0.123 e. The van der Waals surface area contributed by atoms with Crippen LogP contribution in [0, 0.1) is 0 Å². The van der Waals surface area contributed by atoms with Crippen molar-refractivity contribution < 1.29 is 9.84 Å². The van der Waals surface area contributed by atoms with Gasteiger partial charge in [-0.15, -0.1) is 0 Å². The minimum absolute atomic E-state index is 0.000417. The van der Waals surface area contributed by atoms with Crippen LogP contribution in [0.5, 0.6) is 5.75 Å². The number of nitrogens with one attached hydrogen (secondary N) is 1. The molecule has 1 atom stereocenters. The second kappa shape index (κ2) is 6.52. The Morgan fingerprint density at radius 1 is 1.44 bits per heavy atom. The van der Waals surface area contributed by atoms with Gasteiger partial charge in [0.2, 0.25) is 0 Å². The second-order valence-corrected chi connectivity index (χ2v) is 5.29. The molecule has 0 unspecified atom stereocenters. The summed E-state index contributed by atoms with van der Waals surface area (Å²) in [6.07, 6.45) is 0. The molecule has 1 aromatic rings. The zero-order chi connectivity index (χ0) is 13.0. The molecule has 0 spiro atoms. The lowest BCUT2D eigenvalue weighted by molar-refractivity contribution is 0.109. The van der Waals surface area contributed by atoms with Crippen molar-refractivity contribution in [2.45, 2.75) is 6.04 Å². The molecule has 1 fully saturated rings. The predicted molar refractivity (Wildman–Crippen MR) is 75.0 cm³/mol. The Morgan fingerprint density at radius 2 is 2.17 bits per heavy atom. The Morgan fingerprint density at radius 3 is 2.78 bits per heavy atom. The van der Waals surface area contributed by atoms with Gasteiger partial charge in [-0.2, -0.15) is 0 Å². The first-order valence-electron chi connectivity index (χ1n) is 6.15. The van der Waals surface area contributed by atoms with E-state index in [0.29, 0.717) is 0 Å². The van der Waals surface area contributed by atoms with E-state index in [1.807, 2.05) is 18.2 Å². The molecule has 0 amide bonds. The molecule has 0 aromatic heterocycles. The van der Waals surface area contributed by atoms with Crippen molar-refractivity contribution in [2.75, 3.05) is 39.9 Å². The number of hydrogen-bond acceptors (Lipinski definition) is 4. The molecule has 100 valence electrons. The molecule has 2 N–H and O–H groups in total. The number of benzene rings is 1. The van der Waals surface area contributed by atoms with E-state index in [4.69, 9.17) is 4.74 Å². The van der Waals surface area contributed by atoms with Gasteiger partial charge < -0.3 is 15.2 Å². The van der Waals surface area contributed by atoms with Gasteiger partial charge in [0, 0.05) is 36.2 Å². The molecule has 1 aromatic carbocycles. The molecule has 2 rings (SSSR count). The lowest BCUT2D eigenvalue weighted by atomic mass is 10.0. The van der Waals surface area contributed by atoms with Gasteiger partial charge in [-0.3, -0.25) is 4.90 Å². The van der Waals surface area contributed by atoms with E-state index in [2.05, 4.69) is 26.1 Å². The highest BCUT2D eigenvalue weighted by Crippen LogP contribution is 2.31. The molecule has 1 aliphatic rings. The third-order valence-corrected chi connectivity index (χ3v) is 3.81. The Kier molecular flexibility index (Phi) is 5.00. The van der Waals surface area contributed by atoms with Crippen LogP contribution in [0.2, 0.25) is 0 Å². The number of piperazine rings is 1. The van der Waals surface area contributed by atoms with Gasteiger partial charge in [0.1, 0.15) is 5.75 Å². The number of hydrogen-bond donors (Lipinski definition) is 2. The van der Waals surface area contributed by atoms with E-state index in [0.717, 1.165) is 42.0 Å². The minimum atomic E-state index is -0.000417. The number of methoxy groups -OCH3 is 1. The average Bonchev–Trinajstić information content (AvgIpc) is 2.41. The Labute approximate surface area is 116 Å². The van der Waals surface area contributed by atoms with Crippen LogP contribution in [-0.4, -0.2) is 49.9 Å². The maximum atomic E-state index is 9.71. The third kappa shape index (κ3) is 3.03.